The molecule has 110 valence electrons. The van der Waals surface area contributed by atoms with Crippen LogP contribution in [0.5, 0.6) is 0 Å². The zero-order valence-electron chi connectivity index (χ0n) is 11.7. The van der Waals surface area contributed by atoms with Crippen LogP contribution in [0.4, 0.5) is 11.4 Å². The highest BCUT2D eigenvalue weighted by Crippen LogP contribution is 2.32. The molecule has 0 amide bonds. The van der Waals surface area contributed by atoms with Crippen LogP contribution in [0.15, 0.2) is 12.1 Å². The van der Waals surface area contributed by atoms with Gasteiger partial charge in [0, 0.05) is 17.8 Å². The van der Waals surface area contributed by atoms with E-state index < -0.39 is 5.97 Å². The van der Waals surface area contributed by atoms with Crippen LogP contribution in [0.25, 0.3) is 0 Å². The van der Waals surface area contributed by atoms with Gasteiger partial charge in [-0.2, -0.15) is 0 Å². The average molecular weight is 298 g/mol. The van der Waals surface area contributed by atoms with Gasteiger partial charge in [0.15, 0.2) is 0 Å². The van der Waals surface area contributed by atoms with E-state index in [2.05, 4.69) is 24.3 Å². The molecule has 1 fully saturated rings. The predicted octanol–water partition coefficient (Wildman–Crippen LogP) is 3.21. The van der Waals surface area contributed by atoms with E-state index >= 15 is 0 Å². The van der Waals surface area contributed by atoms with E-state index in [1.807, 2.05) is 0 Å². The van der Waals surface area contributed by atoms with Gasteiger partial charge in [-0.25, -0.2) is 9.80 Å². The summed E-state index contributed by atoms with van der Waals surface area (Å²) in [6.45, 7) is 4.24. The van der Waals surface area contributed by atoms with Gasteiger partial charge in [0.25, 0.3) is 0 Å². The molecule has 20 heavy (non-hydrogen) atoms. The Morgan fingerprint density at radius 2 is 2.00 bits per heavy atom. The van der Waals surface area contributed by atoms with E-state index in [-0.39, 0.29) is 5.56 Å². The molecule has 6 heteroatoms. The predicted molar refractivity (Wildman–Crippen MR) is 81.1 cm³/mol. The second kappa shape index (κ2) is 5.89. The van der Waals surface area contributed by atoms with Gasteiger partial charge in [0.1, 0.15) is 0 Å². The normalized spacial score (nSPS) is 23.6. The van der Waals surface area contributed by atoms with Gasteiger partial charge in [-0.3, -0.25) is 0 Å². The highest BCUT2D eigenvalue weighted by atomic mass is 35.5. The Labute approximate surface area is 123 Å². The molecule has 5 nitrogen and oxygen atoms in total. The van der Waals surface area contributed by atoms with Crippen molar-refractivity contribution in [3.63, 3.8) is 0 Å². The number of nitrogens with one attached hydrogen (secondary N) is 1. The van der Waals surface area contributed by atoms with Gasteiger partial charge < -0.3 is 16.3 Å². The van der Waals surface area contributed by atoms with E-state index in [9.17, 15) is 9.90 Å². The van der Waals surface area contributed by atoms with Gasteiger partial charge in [-0.1, -0.05) is 18.0 Å². The number of nitrogens with two attached hydrogens (primary N) is 1. The Kier molecular flexibility index (Phi) is 4.40. The summed E-state index contributed by atoms with van der Waals surface area (Å²) in [6.07, 6.45) is 3.33. The topological polar surface area (TPSA) is 78.6 Å². The van der Waals surface area contributed by atoms with Crippen LogP contribution in [0.3, 0.4) is 0 Å². The van der Waals surface area contributed by atoms with Crippen LogP contribution in [-0.2, 0) is 0 Å². The zero-order valence-corrected chi connectivity index (χ0v) is 12.4. The summed E-state index contributed by atoms with van der Waals surface area (Å²) < 4.78 is 0. The number of hydrogen-bond acceptors (Lipinski definition) is 4. The highest BCUT2D eigenvalue weighted by molar-refractivity contribution is 6.34. The van der Waals surface area contributed by atoms with E-state index in [4.69, 9.17) is 17.3 Å². The number of benzene rings is 1. The monoisotopic (exact) mass is 297 g/mol. The molecule has 1 aliphatic rings. The van der Waals surface area contributed by atoms with E-state index in [1.54, 1.807) is 6.07 Å². The molecule has 0 aliphatic carbocycles. The van der Waals surface area contributed by atoms with E-state index in [0.29, 0.717) is 28.5 Å². The smallest absolute Gasteiger partial charge is 0.337 e. The molecule has 1 aromatic carbocycles. The van der Waals surface area contributed by atoms with Crippen molar-refractivity contribution < 1.29 is 9.90 Å². The molecule has 1 heterocycles. The molecule has 1 aromatic rings. The fourth-order valence-corrected chi connectivity index (χ4v) is 2.95. The van der Waals surface area contributed by atoms with Gasteiger partial charge >= 0.3 is 5.97 Å². The third-order valence-corrected chi connectivity index (χ3v) is 4.08. The maximum atomic E-state index is 11.4. The lowest BCUT2D eigenvalue weighted by atomic mass is 9.99. The number of halogens is 1. The van der Waals surface area contributed by atoms with Crippen molar-refractivity contribution in [3.05, 3.63) is 22.7 Å². The fraction of sp³-hybridized carbons (Fsp3) is 0.500. The molecule has 4 N–H and O–H groups in total. The third-order valence-electron chi connectivity index (χ3n) is 3.78. The van der Waals surface area contributed by atoms with Gasteiger partial charge in [0.2, 0.25) is 0 Å². The number of anilines is 2. The molecular formula is C14H20ClN3O2. The van der Waals surface area contributed by atoms with E-state index in [0.717, 1.165) is 12.8 Å². The average Bonchev–Trinajstić information content (AvgIpc) is 2.35. The number of carboxylic acids is 1. The molecule has 0 saturated carbocycles. The molecule has 0 bridgehead atoms. The quantitative estimate of drug-likeness (QED) is 0.747. The fourth-order valence-electron chi connectivity index (χ4n) is 2.68. The zero-order chi connectivity index (χ0) is 14.9. The second-order valence-electron chi connectivity index (χ2n) is 5.38. The summed E-state index contributed by atoms with van der Waals surface area (Å²) in [6, 6.07) is 3.65. The van der Waals surface area contributed by atoms with Crippen LogP contribution in [-0.4, -0.2) is 28.2 Å². The Balaban J connectivity index is 2.35. The number of hydrogen-bond donors (Lipinski definition) is 3. The maximum Gasteiger partial charge on any atom is 0.337 e. The van der Waals surface area contributed by atoms with Crippen LogP contribution >= 0.6 is 11.6 Å². The van der Waals surface area contributed by atoms with E-state index in [1.165, 1.54) is 12.5 Å². The molecule has 2 unspecified atom stereocenters. The van der Waals surface area contributed by atoms with Crippen LogP contribution in [0.2, 0.25) is 5.02 Å². The number of piperidine rings is 1. The van der Waals surface area contributed by atoms with Crippen molar-refractivity contribution in [3.8, 4) is 0 Å². The van der Waals surface area contributed by atoms with Gasteiger partial charge in [-0.15, -0.1) is 0 Å². The lowest BCUT2D eigenvalue weighted by molar-refractivity contribution is 0.0696. The molecule has 2 atom stereocenters. The van der Waals surface area contributed by atoms with Gasteiger partial charge in [0.05, 0.1) is 16.3 Å². The second-order valence-corrected chi connectivity index (χ2v) is 5.79. The standard InChI is InChI=1S/C14H20ClN3O2/c1-8-4-3-5-9(2)18(8)17-13-11(14(19)20)6-10(16)7-12(13)15/h6-9,17H,3-5,16H2,1-2H3,(H,19,20). The number of carboxylic acid groups (broad SMARTS) is 1. The summed E-state index contributed by atoms with van der Waals surface area (Å²) in [5.74, 6) is -1.04. The first-order valence-corrected chi connectivity index (χ1v) is 7.15. The molecular weight excluding hydrogens is 278 g/mol. The lowest BCUT2D eigenvalue weighted by Crippen LogP contribution is -2.47. The lowest BCUT2D eigenvalue weighted by Gasteiger charge is -2.39. The Morgan fingerprint density at radius 1 is 1.40 bits per heavy atom. The molecule has 1 aliphatic heterocycles. The number of nitrogens with zero attached hydrogens (tertiary/aromatic N) is 1. The Hall–Kier alpha value is -1.46. The summed E-state index contributed by atoms with van der Waals surface area (Å²) in [7, 11) is 0. The largest absolute Gasteiger partial charge is 0.478 e. The van der Waals surface area contributed by atoms with Crippen molar-refractivity contribution in [2.45, 2.75) is 45.2 Å². The minimum absolute atomic E-state index is 0.0972. The third kappa shape index (κ3) is 2.99. The van der Waals surface area contributed by atoms with Crippen molar-refractivity contribution in [2.75, 3.05) is 11.2 Å². The summed E-state index contributed by atoms with van der Waals surface area (Å²) in [5.41, 5.74) is 9.71. The molecule has 0 aromatic heterocycles. The number of nitrogen functional groups attached to an aromatic ring is 1. The number of aromatic carboxylic acids is 1. The summed E-state index contributed by atoms with van der Waals surface area (Å²) in [5, 5.41) is 11.7. The van der Waals surface area contributed by atoms with Crippen LogP contribution < -0.4 is 11.2 Å². The number of hydrazine groups is 1. The first-order chi connectivity index (χ1) is 9.40. The number of rotatable bonds is 3. The molecule has 1 saturated heterocycles. The number of carbonyl (C=O) groups is 1. The van der Waals surface area contributed by atoms with Crippen LogP contribution in [0, 0.1) is 0 Å². The van der Waals surface area contributed by atoms with Crippen molar-refractivity contribution in [1.82, 2.24) is 5.01 Å². The molecule has 0 spiro atoms. The van der Waals surface area contributed by atoms with Gasteiger partial charge in [-0.05, 0) is 38.8 Å². The maximum absolute atomic E-state index is 11.4. The van der Waals surface area contributed by atoms with Crippen molar-refractivity contribution in [2.24, 2.45) is 0 Å². The van der Waals surface area contributed by atoms with Crippen LogP contribution in [0.1, 0.15) is 43.5 Å². The SMILES string of the molecule is CC1CCCC(C)N1Nc1c(Cl)cc(N)cc1C(=O)O. The minimum Gasteiger partial charge on any atom is -0.478 e. The highest BCUT2D eigenvalue weighted by Gasteiger charge is 2.27. The summed E-state index contributed by atoms with van der Waals surface area (Å²) in [4.78, 5) is 11.4. The first kappa shape index (κ1) is 14.9. The summed E-state index contributed by atoms with van der Waals surface area (Å²) >= 11 is 6.16. The first-order valence-electron chi connectivity index (χ1n) is 6.77. The molecule has 0 radical (unpaired) electrons. The minimum atomic E-state index is -1.04. The molecule has 2 rings (SSSR count). The van der Waals surface area contributed by atoms with Crippen molar-refractivity contribution >= 4 is 28.9 Å². The van der Waals surface area contributed by atoms with Crippen molar-refractivity contribution in [1.29, 1.82) is 0 Å². The Bertz CT molecular complexity index is 511. The Morgan fingerprint density at radius 3 is 2.55 bits per heavy atom.